The maximum Gasteiger partial charge on any atom is 0.321 e. The maximum atomic E-state index is 13.4. The second-order valence-corrected chi connectivity index (χ2v) is 7.16. The summed E-state index contributed by atoms with van der Waals surface area (Å²) >= 11 is 0. The van der Waals surface area contributed by atoms with Crippen LogP contribution in [0.1, 0.15) is 11.3 Å². The summed E-state index contributed by atoms with van der Waals surface area (Å²) < 4.78 is 0. The Morgan fingerprint density at radius 3 is 2.61 bits per heavy atom. The normalized spacial score (nSPS) is 15.1. The van der Waals surface area contributed by atoms with Gasteiger partial charge in [-0.1, -0.05) is 30.3 Å². The number of anilines is 3. The highest BCUT2D eigenvalue weighted by molar-refractivity contribution is 6.20. The molecule has 0 bridgehead atoms. The Labute approximate surface area is 190 Å². The minimum atomic E-state index is -1.26. The van der Waals surface area contributed by atoms with Crippen molar-refractivity contribution in [3.05, 3.63) is 84.2 Å². The molecule has 9 nitrogen and oxygen atoms in total. The molecule has 1 aliphatic heterocycles. The zero-order valence-electron chi connectivity index (χ0n) is 17.9. The first-order valence-electron chi connectivity index (χ1n) is 10.3. The molecule has 0 saturated carbocycles. The quantitative estimate of drug-likeness (QED) is 0.508. The molecule has 33 heavy (non-hydrogen) atoms. The molecule has 2 heterocycles. The van der Waals surface area contributed by atoms with Gasteiger partial charge in [-0.15, -0.1) is 0 Å². The fourth-order valence-electron chi connectivity index (χ4n) is 3.54. The zero-order valence-corrected chi connectivity index (χ0v) is 17.9. The van der Waals surface area contributed by atoms with Gasteiger partial charge in [0.2, 0.25) is 6.17 Å². The van der Waals surface area contributed by atoms with Crippen LogP contribution in [0.4, 0.5) is 21.9 Å². The Balaban J connectivity index is 1.71. The van der Waals surface area contributed by atoms with Crippen LogP contribution in [0.25, 0.3) is 0 Å². The number of aliphatic imine (C=N–C) groups is 1. The Morgan fingerprint density at radius 1 is 1.06 bits per heavy atom. The van der Waals surface area contributed by atoms with E-state index in [-0.39, 0.29) is 6.54 Å². The molecule has 0 saturated heterocycles. The van der Waals surface area contributed by atoms with Crippen LogP contribution in [0.3, 0.4) is 0 Å². The number of aromatic nitrogens is 1. The van der Waals surface area contributed by atoms with E-state index in [9.17, 15) is 14.4 Å². The van der Waals surface area contributed by atoms with Gasteiger partial charge in [0.05, 0.1) is 23.6 Å². The number of fused-ring (bicyclic) bond motifs is 1. The summed E-state index contributed by atoms with van der Waals surface area (Å²) in [6, 6.07) is 19.0. The lowest BCUT2D eigenvalue weighted by molar-refractivity contribution is -0.121. The van der Waals surface area contributed by atoms with Crippen LogP contribution in [-0.4, -0.2) is 48.7 Å². The van der Waals surface area contributed by atoms with Gasteiger partial charge in [-0.05, 0) is 36.4 Å². The van der Waals surface area contributed by atoms with Crippen LogP contribution in [0.5, 0.6) is 0 Å². The van der Waals surface area contributed by atoms with Gasteiger partial charge >= 0.3 is 6.03 Å². The largest absolute Gasteiger partial charge is 0.388 e. The van der Waals surface area contributed by atoms with Gasteiger partial charge in [0.1, 0.15) is 6.29 Å². The number of amides is 3. The molecule has 1 unspecified atom stereocenters. The summed E-state index contributed by atoms with van der Waals surface area (Å²) in [6.07, 6.45) is 1.00. The van der Waals surface area contributed by atoms with E-state index >= 15 is 0 Å². The lowest BCUT2D eigenvalue weighted by Gasteiger charge is -2.23. The van der Waals surface area contributed by atoms with Crippen molar-refractivity contribution in [2.75, 3.05) is 29.1 Å². The molecular weight excluding hydrogens is 420 g/mol. The fraction of sp³-hybridized carbons (Fsp3) is 0.125. The number of carbonyl (C=O) groups excluding carboxylic acids is 3. The summed E-state index contributed by atoms with van der Waals surface area (Å²) in [6.45, 7) is -0.176. The average Bonchev–Trinajstić information content (AvgIpc) is 2.95. The third-order valence-electron chi connectivity index (χ3n) is 5.05. The van der Waals surface area contributed by atoms with Gasteiger partial charge < -0.3 is 25.6 Å². The van der Waals surface area contributed by atoms with E-state index in [4.69, 9.17) is 0 Å². The monoisotopic (exact) mass is 442 g/mol. The van der Waals surface area contributed by atoms with Crippen LogP contribution in [0.15, 0.2) is 77.9 Å². The molecule has 3 N–H and O–H groups in total. The minimum absolute atomic E-state index is 0.176. The van der Waals surface area contributed by atoms with Crippen molar-refractivity contribution in [2.24, 2.45) is 4.99 Å². The number of urea groups is 1. The number of benzodiazepines with no additional fused rings is 1. The first-order chi connectivity index (χ1) is 16.1. The van der Waals surface area contributed by atoms with Gasteiger partial charge in [-0.2, -0.15) is 0 Å². The number of para-hydroxylation sites is 1. The van der Waals surface area contributed by atoms with Crippen molar-refractivity contribution in [3.8, 4) is 0 Å². The number of nitrogens with zero attached hydrogens (tertiary/aromatic N) is 3. The molecular formula is C24H22N6O3. The van der Waals surface area contributed by atoms with Gasteiger partial charge in [0.15, 0.2) is 0 Å². The molecule has 166 valence electrons. The molecule has 1 atom stereocenters. The summed E-state index contributed by atoms with van der Waals surface area (Å²) in [4.78, 5) is 47.7. The van der Waals surface area contributed by atoms with Crippen LogP contribution < -0.4 is 20.9 Å². The predicted octanol–water partition coefficient (Wildman–Crippen LogP) is 2.65. The van der Waals surface area contributed by atoms with Gasteiger partial charge in [-0.25, -0.2) is 9.79 Å². The molecule has 0 radical (unpaired) electrons. The van der Waals surface area contributed by atoms with Crippen molar-refractivity contribution in [2.45, 2.75) is 6.17 Å². The summed E-state index contributed by atoms with van der Waals surface area (Å²) in [5, 5.41) is 8.33. The van der Waals surface area contributed by atoms with E-state index in [0.717, 1.165) is 5.69 Å². The summed E-state index contributed by atoms with van der Waals surface area (Å²) in [7, 11) is 1.77. The molecule has 1 aliphatic rings. The summed E-state index contributed by atoms with van der Waals surface area (Å²) in [5.74, 6) is -0.528. The molecule has 0 spiro atoms. The number of nitrogens with one attached hydrogen (secondary N) is 3. The highest BCUT2D eigenvalue weighted by Crippen LogP contribution is 2.27. The van der Waals surface area contributed by atoms with Crippen LogP contribution in [0.2, 0.25) is 0 Å². The van der Waals surface area contributed by atoms with Crippen molar-refractivity contribution in [1.82, 2.24) is 10.3 Å². The Bertz CT molecular complexity index is 1210. The summed E-state index contributed by atoms with van der Waals surface area (Å²) in [5.41, 5.74) is 3.50. The number of aldehydes is 1. The number of hydrogen-bond acceptors (Lipinski definition) is 6. The number of hydrogen-bond donors (Lipinski definition) is 3. The van der Waals surface area contributed by atoms with Gasteiger partial charge in [-0.3, -0.25) is 9.78 Å². The van der Waals surface area contributed by atoms with E-state index < -0.39 is 18.1 Å². The maximum absolute atomic E-state index is 13.4. The average molecular weight is 442 g/mol. The van der Waals surface area contributed by atoms with Crippen molar-refractivity contribution in [1.29, 1.82) is 0 Å². The standard InChI is InChI=1S/C24H22N6O3/c1-25-16-7-6-8-17(15-16)27-24(33)29-22-23(32)30(13-14-31)20-11-3-2-9-18(20)21(28-22)19-10-4-5-12-26-19/h2-12,14-15,22,25H,13H2,1H3,(H2,27,29,33). The highest BCUT2D eigenvalue weighted by atomic mass is 16.2. The second-order valence-electron chi connectivity index (χ2n) is 7.16. The molecule has 9 heteroatoms. The highest BCUT2D eigenvalue weighted by Gasteiger charge is 2.33. The van der Waals surface area contributed by atoms with Crippen LogP contribution >= 0.6 is 0 Å². The molecule has 3 aromatic rings. The zero-order chi connectivity index (χ0) is 23.2. The van der Waals surface area contributed by atoms with E-state index in [1.165, 1.54) is 4.90 Å². The van der Waals surface area contributed by atoms with Crippen LogP contribution in [0, 0.1) is 0 Å². The minimum Gasteiger partial charge on any atom is -0.388 e. The number of benzene rings is 2. The second kappa shape index (κ2) is 9.73. The van der Waals surface area contributed by atoms with Crippen molar-refractivity contribution < 1.29 is 14.4 Å². The SMILES string of the molecule is CNc1cccc(NC(=O)NC2N=C(c3ccccn3)c3ccccc3N(CC=O)C2=O)c1. The fourth-order valence-corrected chi connectivity index (χ4v) is 3.54. The Hall–Kier alpha value is -4.53. The number of rotatable bonds is 6. The van der Waals surface area contributed by atoms with Gasteiger partial charge in [0.25, 0.3) is 5.91 Å². The molecule has 1 aromatic heterocycles. The van der Waals surface area contributed by atoms with E-state index in [2.05, 4.69) is 25.9 Å². The molecule has 2 aromatic carbocycles. The number of pyridine rings is 1. The third-order valence-corrected chi connectivity index (χ3v) is 5.05. The first kappa shape index (κ1) is 21.7. The van der Waals surface area contributed by atoms with E-state index in [1.54, 1.807) is 61.8 Å². The smallest absolute Gasteiger partial charge is 0.321 e. The van der Waals surface area contributed by atoms with E-state index in [1.807, 2.05) is 18.2 Å². The molecule has 0 fully saturated rings. The van der Waals surface area contributed by atoms with Gasteiger partial charge in [0, 0.05) is 30.2 Å². The third kappa shape index (κ3) is 4.72. The lowest BCUT2D eigenvalue weighted by Crippen LogP contribution is -2.49. The van der Waals surface area contributed by atoms with E-state index in [0.29, 0.717) is 34.6 Å². The lowest BCUT2D eigenvalue weighted by atomic mass is 10.0. The van der Waals surface area contributed by atoms with Crippen LogP contribution in [-0.2, 0) is 9.59 Å². The molecule has 4 rings (SSSR count). The van der Waals surface area contributed by atoms with Crippen molar-refractivity contribution >= 4 is 41.0 Å². The number of carbonyl (C=O) groups is 3. The molecule has 3 amide bonds. The molecule has 0 aliphatic carbocycles. The Morgan fingerprint density at radius 2 is 1.85 bits per heavy atom. The topological polar surface area (TPSA) is 116 Å². The first-order valence-corrected chi connectivity index (χ1v) is 10.3. The van der Waals surface area contributed by atoms with Crippen molar-refractivity contribution in [3.63, 3.8) is 0 Å². The predicted molar refractivity (Wildman–Crippen MR) is 127 cm³/mol. The Kier molecular flexibility index (Phi) is 6.40.